The summed E-state index contributed by atoms with van der Waals surface area (Å²) < 4.78 is 5.38. The van der Waals surface area contributed by atoms with Crippen molar-refractivity contribution in [2.75, 3.05) is 12.3 Å². The first kappa shape index (κ1) is 9.65. The van der Waals surface area contributed by atoms with Crippen LogP contribution in [0.2, 0.25) is 0 Å². The zero-order valence-corrected chi connectivity index (χ0v) is 8.13. The Hall–Kier alpha value is -1.44. The average Bonchev–Trinajstić information content (AvgIpc) is 2.09. The van der Waals surface area contributed by atoms with Crippen LogP contribution in [0.5, 0.6) is 5.75 Å². The number of rotatable bonds is 3. The van der Waals surface area contributed by atoms with Gasteiger partial charge in [-0.3, -0.25) is 0 Å². The molecule has 0 fully saturated rings. The van der Waals surface area contributed by atoms with Gasteiger partial charge in [-0.1, -0.05) is 12.7 Å². The van der Waals surface area contributed by atoms with Crippen LogP contribution in [0.15, 0.2) is 24.8 Å². The molecule has 0 aromatic heterocycles. The summed E-state index contributed by atoms with van der Waals surface area (Å²) in [6.07, 6.45) is 1.70. The van der Waals surface area contributed by atoms with Gasteiger partial charge in [0.1, 0.15) is 12.4 Å². The smallest absolute Gasteiger partial charge is 0.142 e. The Bertz CT molecular complexity index is 318. The third kappa shape index (κ3) is 2.25. The summed E-state index contributed by atoms with van der Waals surface area (Å²) in [6.45, 7) is 8.14. The van der Waals surface area contributed by atoms with E-state index in [9.17, 15) is 0 Å². The quantitative estimate of drug-likeness (QED) is 0.568. The molecule has 0 radical (unpaired) electrons. The van der Waals surface area contributed by atoms with E-state index in [4.69, 9.17) is 10.5 Å². The highest BCUT2D eigenvalue weighted by Crippen LogP contribution is 2.25. The molecule has 0 unspecified atom stereocenters. The topological polar surface area (TPSA) is 35.2 Å². The Morgan fingerprint density at radius 1 is 1.38 bits per heavy atom. The molecule has 2 N–H and O–H groups in total. The van der Waals surface area contributed by atoms with E-state index in [1.807, 2.05) is 26.0 Å². The lowest BCUT2D eigenvalue weighted by Crippen LogP contribution is -1.99. The third-order valence-electron chi connectivity index (χ3n) is 1.98. The lowest BCUT2D eigenvalue weighted by Gasteiger charge is -2.09. The molecule has 0 amide bonds. The van der Waals surface area contributed by atoms with E-state index >= 15 is 0 Å². The minimum atomic E-state index is 0.493. The van der Waals surface area contributed by atoms with Crippen LogP contribution >= 0.6 is 0 Å². The van der Waals surface area contributed by atoms with Crippen molar-refractivity contribution in [2.24, 2.45) is 0 Å². The second kappa shape index (κ2) is 3.99. The molecule has 0 heterocycles. The molecule has 1 aromatic rings. The van der Waals surface area contributed by atoms with E-state index in [2.05, 4.69) is 6.58 Å². The predicted octanol–water partition coefficient (Wildman–Crippen LogP) is 2.45. The van der Waals surface area contributed by atoms with E-state index in [0.29, 0.717) is 12.3 Å². The molecule has 0 bridgehead atoms. The second-order valence-corrected chi connectivity index (χ2v) is 3.07. The van der Waals surface area contributed by atoms with Gasteiger partial charge in [0.05, 0.1) is 5.69 Å². The summed E-state index contributed by atoms with van der Waals surface area (Å²) in [6, 6.07) is 3.88. The van der Waals surface area contributed by atoms with Gasteiger partial charge in [0, 0.05) is 0 Å². The number of nitrogens with two attached hydrogens (primary N) is 1. The predicted molar refractivity (Wildman–Crippen MR) is 56.0 cm³/mol. The van der Waals surface area contributed by atoms with Crippen molar-refractivity contribution in [3.8, 4) is 5.75 Å². The number of ether oxygens (including phenoxy) is 1. The molecule has 2 heteroatoms. The van der Waals surface area contributed by atoms with E-state index in [1.54, 1.807) is 6.08 Å². The standard InChI is InChI=1S/C11H15NO/c1-4-5-13-11-7-9(3)8(2)6-10(11)12/h4,6-7H,1,5,12H2,2-3H3. The van der Waals surface area contributed by atoms with E-state index in [1.165, 1.54) is 11.1 Å². The Morgan fingerprint density at radius 2 is 2.00 bits per heavy atom. The van der Waals surface area contributed by atoms with Gasteiger partial charge in [-0.05, 0) is 37.1 Å². The van der Waals surface area contributed by atoms with Crippen LogP contribution in [-0.2, 0) is 0 Å². The number of hydrogen-bond acceptors (Lipinski definition) is 2. The molecule has 1 aromatic carbocycles. The molecule has 70 valence electrons. The maximum Gasteiger partial charge on any atom is 0.142 e. The van der Waals surface area contributed by atoms with Crippen LogP contribution in [0, 0.1) is 13.8 Å². The van der Waals surface area contributed by atoms with E-state index in [-0.39, 0.29) is 0 Å². The molecule has 0 aliphatic carbocycles. The number of aryl methyl sites for hydroxylation is 2. The Labute approximate surface area is 79.0 Å². The monoisotopic (exact) mass is 177 g/mol. The fourth-order valence-electron chi connectivity index (χ4n) is 1.09. The van der Waals surface area contributed by atoms with Gasteiger partial charge in [-0.2, -0.15) is 0 Å². The van der Waals surface area contributed by atoms with Gasteiger partial charge in [0.25, 0.3) is 0 Å². The third-order valence-corrected chi connectivity index (χ3v) is 1.98. The molecule has 0 saturated heterocycles. The number of anilines is 1. The van der Waals surface area contributed by atoms with Gasteiger partial charge < -0.3 is 10.5 Å². The maximum absolute atomic E-state index is 5.77. The highest BCUT2D eigenvalue weighted by atomic mass is 16.5. The molecule has 0 spiro atoms. The van der Waals surface area contributed by atoms with Crippen LogP contribution in [0.1, 0.15) is 11.1 Å². The molecule has 13 heavy (non-hydrogen) atoms. The Morgan fingerprint density at radius 3 is 2.62 bits per heavy atom. The Kier molecular flexibility index (Phi) is 2.96. The first-order valence-electron chi connectivity index (χ1n) is 4.25. The minimum Gasteiger partial charge on any atom is -0.487 e. The van der Waals surface area contributed by atoms with Crippen molar-refractivity contribution >= 4 is 5.69 Å². The van der Waals surface area contributed by atoms with Gasteiger partial charge in [0.15, 0.2) is 0 Å². The average molecular weight is 177 g/mol. The van der Waals surface area contributed by atoms with Crippen molar-refractivity contribution in [1.29, 1.82) is 0 Å². The molecule has 0 aliphatic rings. The maximum atomic E-state index is 5.77. The highest BCUT2D eigenvalue weighted by molar-refractivity contribution is 5.56. The van der Waals surface area contributed by atoms with E-state index < -0.39 is 0 Å². The fourth-order valence-corrected chi connectivity index (χ4v) is 1.09. The Balaban J connectivity index is 2.94. The van der Waals surface area contributed by atoms with Crippen molar-refractivity contribution in [1.82, 2.24) is 0 Å². The number of hydrogen-bond donors (Lipinski definition) is 1. The lowest BCUT2D eigenvalue weighted by atomic mass is 10.1. The van der Waals surface area contributed by atoms with Crippen molar-refractivity contribution in [3.63, 3.8) is 0 Å². The lowest BCUT2D eigenvalue weighted by molar-refractivity contribution is 0.365. The molecule has 2 nitrogen and oxygen atoms in total. The molecule has 0 saturated carbocycles. The van der Waals surface area contributed by atoms with Gasteiger partial charge in [0.2, 0.25) is 0 Å². The first-order valence-corrected chi connectivity index (χ1v) is 4.25. The summed E-state index contributed by atoms with van der Waals surface area (Å²) in [7, 11) is 0. The minimum absolute atomic E-state index is 0.493. The van der Waals surface area contributed by atoms with Gasteiger partial charge in [-0.15, -0.1) is 0 Å². The fraction of sp³-hybridized carbons (Fsp3) is 0.273. The van der Waals surface area contributed by atoms with Crippen LogP contribution in [0.3, 0.4) is 0 Å². The molecule has 1 rings (SSSR count). The summed E-state index contributed by atoms with van der Waals surface area (Å²) in [5.41, 5.74) is 8.83. The summed E-state index contributed by atoms with van der Waals surface area (Å²) in [5, 5.41) is 0. The molecule has 0 aliphatic heterocycles. The second-order valence-electron chi connectivity index (χ2n) is 3.07. The van der Waals surface area contributed by atoms with Gasteiger partial charge in [-0.25, -0.2) is 0 Å². The zero-order valence-electron chi connectivity index (χ0n) is 8.13. The number of nitrogen functional groups attached to an aromatic ring is 1. The van der Waals surface area contributed by atoms with Crippen LogP contribution < -0.4 is 10.5 Å². The van der Waals surface area contributed by atoms with Crippen molar-refractivity contribution in [3.05, 3.63) is 35.9 Å². The summed E-state index contributed by atoms with van der Waals surface area (Å²) >= 11 is 0. The normalized spacial score (nSPS) is 9.69. The van der Waals surface area contributed by atoms with Crippen molar-refractivity contribution < 1.29 is 4.74 Å². The van der Waals surface area contributed by atoms with Crippen LogP contribution in [0.25, 0.3) is 0 Å². The van der Waals surface area contributed by atoms with Crippen LogP contribution in [0.4, 0.5) is 5.69 Å². The SMILES string of the molecule is C=CCOc1cc(C)c(C)cc1N. The van der Waals surface area contributed by atoms with E-state index in [0.717, 1.165) is 5.75 Å². The summed E-state index contributed by atoms with van der Waals surface area (Å²) in [5.74, 6) is 0.739. The largest absolute Gasteiger partial charge is 0.487 e. The molecular formula is C11H15NO. The van der Waals surface area contributed by atoms with Gasteiger partial charge >= 0.3 is 0 Å². The zero-order chi connectivity index (χ0) is 9.84. The van der Waals surface area contributed by atoms with Crippen molar-refractivity contribution in [2.45, 2.75) is 13.8 Å². The van der Waals surface area contributed by atoms with Crippen LogP contribution in [-0.4, -0.2) is 6.61 Å². The first-order chi connectivity index (χ1) is 6.15. The highest BCUT2D eigenvalue weighted by Gasteiger charge is 2.02. The molecule has 0 atom stereocenters. The summed E-state index contributed by atoms with van der Waals surface area (Å²) in [4.78, 5) is 0. The molecular weight excluding hydrogens is 162 g/mol. The number of benzene rings is 1.